The zero-order chi connectivity index (χ0) is 19.6. The number of hydrogen-bond donors (Lipinski definition) is 0. The Labute approximate surface area is 168 Å². The minimum atomic E-state index is 0.572. The normalized spacial score (nSPS) is 10.8. The van der Waals surface area contributed by atoms with Crippen molar-refractivity contribution in [2.45, 2.75) is 59.0 Å². The maximum Gasteiger partial charge on any atom is 0.159 e. The Morgan fingerprint density at radius 1 is 0.750 bits per heavy atom. The number of rotatable bonds is 10. The molecule has 2 aromatic carbocycles. The molecule has 0 radical (unpaired) electrons. The van der Waals surface area contributed by atoms with E-state index in [2.05, 4.69) is 48.1 Å². The van der Waals surface area contributed by atoms with E-state index in [0.29, 0.717) is 6.61 Å². The van der Waals surface area contributed by atoms with Gasteiger partial charge in [0.2, 0.25) is 0 Å². The predicted octanol–water partition coefficient (Wildman–Crippen LogP) is 6.54. The van der Waals surface area contributed by atoms with Gasteiger partial charge in [0.1, 0.15) is 12.4 Å². The fourth-order valence-electron chi connectivity index (χ4n) is 3.12. The van der Waals surface area contributed by atoms with E-state index in [0.717, 1.165) is 23.6 Å². The lowest BCUT2D eigenvalue weighted by molar-refractivity contribution is 0.306. The molecular formula is C25H30N2O. The lowest BCUT2D eigenvalue weighted by atomic mass is 10.1. The number of ether oxygens (including phenoxy) is 1. The van der Waals surface area contributed by atoms with E-state index in [4.69, 9.17) is 4.74 Å². The number of aryl methyl sites for hydroxylation is 2. The molecule has 1 heterocycles. The first kappa shape index (κ1) is 20.1. The molecule has 0 unspecified atom stereocenters. The molecule has 1 aromatic heterocycles. The number of nitrogens with zero attached hydrogens (tertiary/aromatic N) is 2. The summed E-state index contributed by atoms with van der Waals surface area (Å²) in [6, 6.07) is 16.4. The SMILES string of the molecule is CCCCCCCc1cnc(-c2ccc(OCc3ccc(C)cc3)cc2)nc1. The van der Waals surface area contributed by atoms with E-state index >= 15 is 0 Å². The summed E-state index contributed by atoms with van der Waals surface area (Å²) in [5.74, 6) is 1.62. The van der Waals surface area contributed by atoms with Crippen LogP contribution in [0.25, 0.3) is 11.4 Å². The molecule has 0 spiro atoms. The second kappa shape index (κ2) is 10.6. The standard InChI is InChI=1S/C25H30N2O/c1-3-4-5-6-7-8-22-17-26-25(27-18-22)23-13-15-24(16-14-23)28-19-21-11-9-20(2)10-12-21/h9-18H,3-8,19H2,1-2H3. The third kappa shape index (κ3) is 6.19. The summed E-state index contributed by atoms with van der Waals surface area (Å²) in [4.78, 5) is 9.09. The van der Waals surface area contributed by atoms with Gasteiger partial charge in [-0.25, -0.2) is 9.97 Å². The van der Waals surface area contributed by atoms with Gasteiger partial charge in [0.25, 0.3) is 0 Å². The maximum atomic E-state index is 5.87. The van der Waals surface area contributed by atoms with Crippen LogP contribution < -0.4 is 4.74 Å². The smallest absolute Gasteiger partial charge is 0.159 e. The summed E-state index contributed by atoms with van der Waals surface area (Å²) in [6.07, 6.45) is 11.4. The molecule has 28 heavy (non-hydrogen) atoms. The average Bonchev–Trinajstić information content (AvgIpc) is 2.74. The number of unbranched alkanes of at least 4 members (excludes halogenated alkanes) is 4. The van der Waals surface area contributed by atoms with E-state index in [-0.39, 0.29) is 0 Å². The highest BCUT2D eigenvalue weighted by Gasteiger charge is 2.03. The van der Waals surface area contributed by atoms with Crippen molar-refractivity contribution in [3.8, 4) is 17.1 Å². The van der Waals surface area contributed by atoms with Gasteiger partial charge >= 0.3 is 0 Å². The van der Waals surface area contributed by atoms with Gasteiger partial charge in [0.05, 0.1) is 0 Å². The highest BCUT2D eigenvalue weighted by molar-refractivity contribution is 5.55. The van der Waals surface area contributed by atoms with E-state index < -0.39 is 0 Å². The van der Waals surface area contributed by atoms with Crippen molar-refractivity contribution in [3.63, 3.8) is 0 Å². The van der Waals surface area contributed by atoms with Crippen LogP contribution in [-0.2, 0) is 13.0 Å². The van der Waals surface area contributed by atoms with Gasteiger partial charge in [-0.2, -0.15) is 0 Å². The largest absolute Gasteiger partial charge is 0.489 e. The van der Waals surface area contributed by atoms with Crippen molar-refractivity contribution < 1.29 is 4.74 Å². The highest BCUT2D eigenvalue weighted by atomic mass is 16.5. The molecule has 3 aromatic rings. The minimum absolute atomic E-state index is 0.572. The lowest BCUT2D eigenvalue weighted by Crippen LogP contribution is -1.96. The Morgan fingerprint density at radius 3 is 2.11 bits per heavy atom. The molecule has 3 heteroatoms. The van der Waals surface area contributed by atoms with Gasteiger partial charge in [0.15, 0.2) is 5.82 Å². The molecule has 0 atom stereocenters. The molecular weight excluding hydrogens is 344 g/mol. The molecule has 0 N–H and O–H groups in total. The van der Waals surface area contributed by atoms with Crippen LogP contribution >= 0.6 is 0 Å². The molecule has 0 saturated heterocycles. The predicted molar refractivity (Wildman–Crippen MR) is 115 cm³/mol. The lowest BCUT2D eigenvalue weighted by Gasteiger charge is -2.08. The minimum Gasteiger partial charge on any atom is -0.489 e. The third-order valence-electron chi connectivity index (χ3n) is 4.91. The fourth-order valence-corrected chi connectivity index (χ4v) is 3.12. The zero-order valence-electron chi connectivity index (χ0n) is 17.0. The summed E-state index contributed by atoms with van der Waals surface area (Å²) in [6.45, 7) is 4.91. The summed E-state index contributed by atoms with van der Waals surface area (Å²) in [5.41, 5.74) is 4.66. The van der Waals surface area contributed by atoms with Crippen LogP contribution in [-0.4, -0.2) is 9.97 Å². The Morgan fingerprint density at radius 2 is 1.43 bits per heavy atom. The molecule has 146 valence electrons. The van der Waals surface area contributed by atoms with E-state index in [1.807, 2.05) is 36.7 Å². The third-order valence-corrected chi connectivity index (χ3v) is 4.91. The molecule has 0 bridgehead atoms. The Kier molecular flexibility index (Phi) is 7.60. The average molecular weight is 375 g/mol. The van der Waals surface area contributed by atoms with Gasteiger partial charge in [-0.3, -0.25) is 0 Å². The zero-order valence-corrected chi connectivity index (χ0v) is 17.0. The summed E-state index contributed by atoms with van der Waals surface area (Å²) >= 11 is 0. The van der Waals surface area contributed by atoms with Gasteiger partial charge < -0.3 is 4.74 Å². The Bertz CT molecular complexity index is 824. The van der Waals surface area contributed by atoms with E-state index in [1.165, 1.54) is 48.8 Å². The van der Waals surface area contributed by atoms with Crippen molar-refractivity contribution in [2.75, 3.05) is 0 Å². The van der Waals surface area contributed by atoms with Crippen LogP contribution in [0, 0.1) is 6.92 Å². The van der Waals surface area contributed by atoms with Crippen LogP contribution in [0.15, 0.2) is 60.9 Å². The summed E-state index contributed by atoms with van der Waals surface area (Å²) in [7, 11) is 0. The maximum absolute atomic E-state index is 5.87. The topological polar surface area (TPSA) is 35.0 Å². The first-order chi connectivity index (χ1) is 13.7. The van der Waals surface area contributed by atoms with Crippen LogP contribution in [0.1, 0.15) is 55.7 Å². The van der Waals surface area contributed by atoms with Gasteiger partial charge in [-0.15, -0.1) is 0 Å². The summed E-state index contributed by atoms with van der Waals surface area (Å²) < 4.78 is 5.87. The first-order valence-corrected chi connectivity index (χ1v) is 10.3. The monoisotopic (exact) mass is 374 g/mol. The molecule has 0 aliphatic rings. The van der Waals surface area contributed by atoms with Crippen molar-refractivity contribution in [3.05, 3.63) is 77.6 Å². The van der Waals surface area contributed by atoms with Crippen molar-refractivity contribution in [1.82, 2.24) is 9.97 Å². The van der Waals surface area contributed by atoms with Crippen molar-refractivity contribution >= 4 is 0 Å². The quantitative estimate of drug-likeness (QED) is 0.378. The second-order valence-corrected chi connectivity index (χ2v) is 7.38. The highest BCUT2D eigenvalue weighted by Crippen LogP contribution is 2.20. The van der Waals surface area contributed by atoms with E-state index in [9.17, 15) is 0 Å². The van der Waals surface area contributed by atoms with Crippen molar-refractivity contribution in [2.24, 2.45) is 0 Å². The Balaban J connectivity index is 1.50. The van der Waals surface area contributed by atoms with Crippen LogP contribution in [0.4, 0.5) is 0 Å². The fraction of sp³-hybridized carbons (Fsp3) is 0.360. The summed E-state index contributed by atoms with van der Waals surface area (Å²) in [5, 5.41) is 0. The Hall–Kier alpha value is -2.68. The number of benzene rings is 2. The van der Waals surface area contributed by atoms with Crippen LogP contribution in [0.3, 0.4) is 0 Å². The molecule has 0 fully saturated rings. The first-order valence-electron chi connectivity index (χ1n) is 10.3. The molecule has 3 rings (SSSR count). The van der Waals surface area contributed by atoms with Crippen LogP contribution in [0.5, 0.6) is 5.75 Å². The van der Waals surface area contributed by atoms with Gasteiger partial charge in [-0.1, -0.05) is 62.4 Å². The molecule has 0 aliphatic carbocycles. The van der Waals surface area contributed by atoms with Crippen molar-refractivity contribution in [1.29, 1.82) is 0 Å². The molecule has 0 aliphatic heterocycles. The van der Waals surface area contributed by atoms with E-state index in [1.54, 1.807) is 0 Å². The van der Waals surface area contributed by atoms with Gasteiger partial charge in [0, 0.05) is 18.0 Å². The van der Waals surface area contributed by atoms with Crippen LogP contribution in [0.2, 0.25) is 0 Å². The number of aromatic nitrogens is 2. The second-order valence-electron chi connectivity index (χ2n) is 7.38. The molecule has 0 saturated carbocycles. The molecule has 0 amide bonds. The number of hydrogen-bond acceptors (Lipinski definition) is 3. The van der Waals surface area contributed by atoms with Gasteiger partial charge in [-0.05, 0) is 55.2 Å². The molecule has 3 nitrogen and oxygen atoms in total.